The van der Waals surface area contributed by atoms with Crippen LogP contribution in [0.5, 0.6) is 17.2 Å². The van der Waals surface area contributed by atoms with E-state index in [0.717, 1.165) is 11.1 Å². The minimum atomic E-state index is -0.369. The van der Waals surface area contributed by atoms with Crippen molar-refractivity contribution < 1.29 is 28.2 Å². The Bertz CT molecular complexity index is 1470. The molecule has 0 aliphatic carbocycles. The fraction of sp³-hybridized carbons (Fsp3) is 0.276. The summed E-state index contributed by atoms with van der Waals surface area (Å²) in [7, 11) is 1.51. The van der Waals surface area contributed by atoms with Crippen LogP contribution in [0, 0.1) is 0 Å². The second-order valence-corrected chi connectivity index (χ2v) is 9.51. The van der Waals surface area contributed by atoms with Crippen LogP contribution >= 0.6 is 0 Å². The highest BCUT2D eigenvalue weighted by atomic mass is 16.5. The maximum atomic E-state index is 13.4. The number of carbonyl (C=O) groups excluding carboxylic acids is 2. The number of ether oxygens (including phenoxy) is 3. The number of anilines is 1. The molecule has 3 aliphatic rings. The van der Waals surface area contributed by atoms with Gasteiger partial charge in [-0.15, -0.1) is 0 Å². The lowest BCUT2D eigenvalue weighted by molar-refractivity contribution is -0.123. The molecule has 200 valence electrons. The van der Waals surface area contributed by atoms with E-state index >= 15 is 0 Å². The van der Waals surface area contributed by atoms with Crippen LogP contribution in [0.4, 0.5) is 6.01 Å². The first-order valence-electron chi connectivity index (χ1n) is 12.8. The molecule has 1 fully saturated rings. The van der Waals surface area contributed by atoms with Gasteiger partial charge in [-0.05, 0) is 48.0 Å². The van der Waals surface area contributed by atoms with Crippen LogP contribution in [-0.4, -0.2) is 55.8 Å². The van der Waals surface area contributed by atoms with E-state index in [4.69, 9.17) is 18.6 Å². The number of oxazole rings is 1. The van der Waals surface area contributed by atoms with Crippen molar-refractivity contribution in [3.63, 3.8) is 0 Å². The molecule has 4 aromatic rings. The number of hydrogen-bond donors (Lipinski definition) is 2. The molecule has 1 saturated heterocycles. The van der Waals surface area contributed by atoms with Crippen LogP contribution in [0.15, 0.2) is 71.1 Å². The minimum Gasteiger partial charge on any atom is -0.493 e. The maximum Gasteiger partial charge on any atom is 0.298 e. The Labute approximate surface area is 224 Å². The number of rotatable bonds is 2. The van der Waals surface area contributed by atoms with Crippen molar-refractivity contribution in [2.75, 3.05) is 31.7 Å². The minimum absolute atomic E-state index is 0.215. The number of nitrogens with zero attached hydrogens (tertiary/aromatic N) is 2. The predicted octanol–water partition coefficient (Wildman–Crippen LogP) is 3.30. The average molecular weight is 529 g/mol. The molecule has 10 heteroatoms. The Morgan fingerprint density at radius 2 is 1.90 bits per heavy atom. The van der Waals surface area contributed by atoms with E-state index in [1.807, 2.05) is 53.4 Å². The molecule has 10 nitrogen and oxygen atoms in total. The zero-order valence-corrected chi connectivity index (χ0v) is 21.4. The number of aromatic nitrogens is 1. The van der Waals surface area contributed by atoms with E-state index in [0.29, 0.717) is 60.5 Å². The number of para-hydroxylation sites is 2. The molecular weight excluding hydrogens is 500 g/mol. The number of fused-ring (bicyclic) bond motifs is 8. The van der Waals surface area contributed by atoms with Gasteiger partial charge in [0.25, 0.3) is 17.8 Å². The lowest BCUT2D eigenvalue weighted by Gasteiger charge is -2.38. The molecule has 2 atom stereocenters. The Morgan fingerprint density at radius 1 is 1.05 bits per heavy atom. The van der Waals surface area contributed by atoms with E-state index < -0.39 is 0 Å². The summed E-state index contributed by atoms with van der Waals surface area (Å²) < 4.78 is 23.5. The van der Waals surface area contributed by atoms with Crippen LogP contribution in [-0.2, 0) is 11.3 Å². The standard InChI is InChI=1S/C29H28N4O6/c1-36-25-11-8-19-14-26(25)37-17-27(34)30-15-18-6-9-20(10-7-18)38-24-12-13-33(16-22(24)31-28(19)35)29-32-21-4-2-3-5-23(21)39-29/h2-11,14,22,24H,12-13,15-17H2,1H3,(H,30,34)(H,31,35)/t22-,24+/m0/s1. The molecular formula is C29H28N4O6. The fourth-order valence-electron chi connectivity index (χ4n) is 4.82. The summed E-state index contributed by atoms with van der Waals surface area (Å²) in [6.45, 7) is 1.23. The molecule has 1 aromatic heterocycles. The van der Waals surface area contributed by atoms with Gasteiger partial charge in [-0.1, -0.05) is 24.3 Å². The van der Waals surface area contributed by atoms with E-state index in [1.54, 1.807) is 18.2 Å². The van der Waals surface area contributed by atoms with Gasteiger partial charge >= 0.3 is 0 Å². The molecule has 3 aromatic carbocycles. The van der Waals surface area contributed by atoms with Crippen molar-refractivity contribution in [1.29, 1.82) is 0 Å². The van der Waals surface area contributed by atoms with Crippen molar-refractivity contribution in [2.24, 2.45) is 0 Å². The highest BCUT2D eigenvalue weighted by molar-refractivity contribution is 5.95. The monoisotopic (exact) mass is 528 g/mol. The summed E-state index contributed by atoms with van der Waals surface area (Å²) >= 11 is 0. The molecule has 4 bridgehead atoms. The molecule has 0 unspecified atom stereocenters. The van der Waals surface area contributed by atoms with E-state index in [2.05, 4.69) is 15.6 Å². The lowest BCUT2D eigenvalue weighted by atomic mass is 10.0. The lowest BCUT2D eigenvalue weighted by Crippen LogP contribution is -2.57. The smallest absolute Gasteiger partial charge is 0.298 e. The van der Waals surface area contributed by atoms with Gasteiger partial charge in [0, 0.05) is 31.6 Å². The zero-order valence-electron chi connectivity index (χ0n) is 21.4. The maximum absolute atomic E-state index is 13.4. The third-order valence-electron chi connectivity index (χ3n) is 6.90. The van der Waals surface area contributed by atoms with Gasteiger partial charge in [0.05, 0.1) is 13.2 Å². The molecule has 0 radical (unpaired) electrons. The van der Waals surface area contributed by atoms with Crippen molar-refractivity contribution in [2.45, 2.75) is 25.1 Å². The number of methoxy groups -OCH3 is 1. The zero-order chi connectivity index (χ0) is 26.8. The Morgan fingerprint density at radius 3 is 2.72 bits per heavy atom. The summed E-state index contributed by atoms with van der Waals surface area (Å²) in [5, 5.41) is 5.98. The van der Waals surface area contributed by atoms with Gasteiger partial charge in [0.1, 0.15) is 17.4 Å². The number of nitrogens with one attached hydrogen (secondary N) is 2. The topological polar surface area (TPSA) is 115 Å². The van der Waals surface area contributed by atoms with Crippen LogP contribution in [0.2, 0.25) is 0 Å². The predicted molar refractivity (Wildman–Crippen MR) is 143 cm³/mol. The normalized spacial score (nSPS) is 19.8. The first-order chi connectivity index (χ1) is 19.1. The fourth-order valence-corrected chi connectivity index (χ4v) is 4.82. The molecule has 4 heterocycles. The van der Waals surface area contributed by atoms with Crippen molar-refractivity contribution >= 4 is 28.9 Å². The molecule has 2 amide bonds. The van der Waals surface area contributed by atoms with Crippen LogP contribution in [0.3, 0.4) is 0 Å². The number of benzene rings is 3. The Kier molecular flexibility index (Phi) is 6.66. The highest BCUT2D eigenvalue weighted by Gasteiger charge is 2.34. The SMILES string of the molecule is COc1ccc2cc1OCC(=O)NCc1ccc(cc1)O[C@@H]1CCN(c3nc4ccccc4o3)C[C@@H]1NC2=O. The third kappa shape index (κ3) is 5.31. The van der Waals surface area contributed by atoms with Gasteiger partial charge in [-0.2, -0.15) is 4.98 Å². The first-order valence-corrected chi connectivity index (χ1v) is 12.8. The number of carbonyl (C=O) groups is 2. The molecule has 2 N–H and O–H groups in total. The highest BCUT2D eigenvalue weighted by Crippen LogP contribution is 2.30. The third-order valence-corrected chi connectivity index (χ3v) is 6.90. The van der Waals surface area contributed by atoms with Crippen molar-refractivity contribution in [1.82, 2.24) is 15.6 Å². The van der Waals surface area contributed by atoms with E-state index in [9.17, 15) is 9.59 Å². The summed E-state index contributed by atoms with van der Waals surface area (Å²) in [5.41, 5.74) is 2.79. The van der Waals surface area contributed by atoms with Gasteiger partial charge in [0.15, 0.2) is 23.7 Å². The largest absolute Gasteiger partial charge is 0.493 e. The van der Waals surface area contributed by atoms with Crippen LogP contribution < -0.4 is 29.7 Å². The second kappa shape index (κ2) is 10.6. The molecule has 0 saturated carbocycles. The van der Waals surface area contributed by atoms with Gasteiger partial charge < -0.3 is 34.2 Å². The first kappa shape index (κ1) is 24.6. The number of amides is 2. The summed E-state index contributed by atoms with van der Waals surface area (Å²) in [6.07, 6.45) is 0.350. The van der Waals surface area contributed by atoms with Crippen molar-refractivity contribution in [3.8, 4) is 17.2 Å². The molecule has 7 rings (SSSR count). The van der Waals surface area contributed by atoms with Crippen molar-refractivity contribution in [3.05, 3.63) is 77.9 Å². The second-order valence-electron chi connectivity index (χ2n) is 9.51. The summed E-state index contributed by atoms with van der Waals surface area (Å²) in [6, 6.07) is 20.2. The van der Waals surface area contributed by atoms with Gasteiger partial charge in [-0.25, -0.2) is 0 Å². The van der Waals surface area contributed by atoms with Gasteiger partial charge in [-0.3, -0.25) is 9.59 Å². The number of hydrogen-bond acceptors (Lipinski definition) is 8. The van der Waals surface area contributed by atoms with E-state index in [1.165, 1.54) is 7.11 Å². The summed E-state index contributed by atoms with van der Waals surface area (Å²) in [4.78, 5) is 32.5. The quantitative estimate of drug-likeness (QED) is 0.407. The molecule has 0 spiro atoms. The van der Waals surface area contributed by atoms with Crippen LogP contribution in [0.25, 0.3) is 11.1 Å². The molecule has 39 heavy (non-hydrogen) atoms. The molecule has 3 aliphatic heterocycles. The Balaban J connectivity index is 1.31. The Hall–Kier alpha value is -4.73. The number of piperidine rings is 1. The average Bonchev–Trinajstić information content (AvgIpc) is 3.40. The summed E-state index contributed by atoms with van der Waals surface area (Å²) in [5.74, 6) is 0.821. The van der Waals surface area contributed by atoms with Gasteiger partial charge in [0.2, 0.25) is 0 Å². The van der Waals surface area contributed by atoms with Crippen LogP contribution in [0.1, 0.15) is 22.3 Å². The van der Waals surface area contributed by atoms with E-state index in [-0.39, 0.29) is 30.6 Å².